The maximum Gasteiger partial charge on any atom is 0.0244 e. The maximum absolute atomic E-state index is 4.73. The van der Waals surface area contributed by atoms with Crippen molar-refractivity contribution < 1.29 is 0 Å². The molecule has 1 aliphatic heterocycles. The van der Waals surface area contributed by atoms with E-state index >= 15 is 0 Å². The topological polar surface area (TPSA) is 24.1 Å². The summed E-state index contributed by atoms with van der Waals surface area (Å²) in [5, 5.41) is 7.00. The zero-order chi connectivity index (χ0) is 10.8. The third kappa shape index (κ3) is 2.88. The molecule has 1 rings (SSSR count). The molecule has 14 heavy (non-hydrogen) atoms. The van der Waals surface area contributed by atoms with Gasteiger partial charge in [-0.25, -0.2) is 0 Å². The molecule has 0 aromatic heterocycles. The molecule has 4 unspecified atom stereocenters. The molecule has 4 atom stereocenters. The van der Waals surface area contributed by atoms with Gasteiger partial charge in [-0.3, -0.25) is 0 Å². The van der Waals surface area contributed by atoms with Crippen molar-refractivity contribution in [3.8, 4) is 0 Å². The zero-order valence-corrected chi connectivity index (χ0v) is 10.7. The van der Waals surface area contributed by atoms with Crippen molar-refractivity contribution in [1.29, 1.82) is 0 Å². The van der Waals surface area contributed by atoms with Crippen molar-refractivity contribution in [3.05, 3.63) is 0 Å². The van der Waals surface area contributed by atoms with Crippen LogP contribution in [0.4, 0.5) is 0 Å². The standard InChI is InChI=1S/C11H24N2S/c1-5-9-6-11(3,14)7-13-8(2)10(9)12-4/h8-10,12-14H,5-7H2,1-4H3. The van der Waals surface area contributed by atoms with E-state index in [-0.39, 0.29) is 4.75 Å². The van der Waals surface area contributed by atoms with Gasteiger partial charge in [-0.05, 0) is 33.2 Å². The number of rotatable bonds is 2. The molecule has 0 aliphatic carbocycles. The number of likely N-dealkylation sites (N-methyl/N-ethyl adjacent to an activating group) is 1. The lowest BCUT2D eigenvalue weighted by molar-refractivity contribution is 0.304. The molecule has 3 heteroatoms. The van der Waals surface area contributed by atoms with Crippen LogP contribution in [0.2, 0.25) is 0 Å². The normalized spacial score (nSPS) is 44.8. The first-order valence-corrected chi connectivity index (χ1v) is 6.08. The lowest BCUT2D eigenvalue weighted by Gasteiger charge is -2.30. The maximum atomic E-state index is 4.73. The van der Waals surface area contributed by atoms with Crippen LogP contribution in [0.3, 0.4) is 0 Å². The monoisotopic (exact) mass is 216 g/mol. The summed E-state index contributed by atoms with van der Waals surface area (Å²) >= 11 is 4.73. The van der Waals surface area contributed by atoms with E-state index in [4.69, 9.17) is 12.6 Å². The Hall–Kier alpha value is 0.270. The number of hydrogen-bond donors (Lipinski definition) is 3. The summed E-state index contributed by atoms with van der Waals surface area (Å²) in [6.07, 6.45) is 2.42. The molecule has 2 nitrogen and oxygen atoms in total. The van der Waals surface area contributed by atoms with Crippen LogP contribution in [0.1, 0.15) is 33.6 Å². The summed E-state index contributed by atoms with van der Waals surface area (Å²) in [4.78, 5) is 0. The molecule has 84 valence electrons. The Morgan fingerprint density at radius 3 is 2.71 bits per heavy atom. The highest BCUT2D eigenvalue weighted by atomic mass is 32.1. The molecule has 0 saturated carbocycles. The van der Waals surface area contributed by atoms with Crippen LogP contribution >= 0.6 is 12.6 Å². The van der Waals surface area contributed by atoms with Crippen LogP contribution in [0.15, 0.2) is 0 Å². The highest BCUT2D eigenvalue weighted by Crippen LogP contribution is 2.30. The smallest absolute Gasteiger partial charge is 0.0244 e. The zero-order valence-electron chi connectivity index (χ0n) is 9.80. The van der Waals surface area contributed by atoms with Crippen molar-refractivity contribution in [1.82, 2.24) is 10.6 Å². The average Bonchev–Trinajstić information content (AvgIpc) is 2.24. The molecule has 0 aromatic rings. The molecule has 0 bridgehead atoms. The lowest BCUT2D eigenvalue weighted by atomic mass is 9.86. The fourth-order valence-corrected chi connectivity index (χ4v) is 2.89. The highest BCUT2D eigenvalue weighted by Gasteiger charge is 2.34. The SMILES string of the molecule is CCC1CC(C)(S)CNC(C)C1NC. The highest BCUT2D eigenvalue weighted by molar-refractivity contribution is 7.81. The van der Waals surface area contributed by atoms with Gasteiger partial charge >= 0.3 is 0 Å². The Labute approximate surface area is 93.6 Å². The minimum atomic E-state index is 0.139. The first-order valence-electron chi connectivity index (χ1n) is 5.63. The van der Waals surface area contributed by atoms with E-state index in [2.05, 4.69) is 38.5 Å². The van der Waals surface area contributed by atoms with Gasteiger partial charge in [0.2, 0.25) is 0 Å². The summed E-state index contributed by atoms with van der Waals surface area (Å²) in [6, 6.07) is 1.12. The molecule has 0 amide bonds. The summed E-state index contributed by atoms with van der Waals surface area (Å²) < 4.78 is 0.139. The number of thiol groups is 1. The Morgan fingerprint density at radius 1 is 1.57 bits per heavy atom. The van der Waals surface area contributed by atoms with Crippen LogP contribution in [-0.2, 0) is 0 Å². The van der Waals surface area contributed by atoms with E-state index in [9.17, 15) is 0 Å². The molecule has 0 radical (unpaired) electrons. The molecular formula is C11H24N2S. The van der Waals surface area contributed by atoms with E-state index in [0.717, 1.165) is 12.5 Å². The second kappa shape index (κ2) is 4.86. The Bertz CT molecular complexity index is 182. The van der Waals surface area contributed by atoms with E-state index < -0.39 is 0 Å². The van der Waals surface area contributed by atoms with Crippen molar-refractivity contribution in [3.63, 3.8) is 0 Å². The van der Waals surface area contributed by atoms with Gasteiger partial charge in [0.1, 0.15) is 0 Å². The average molecular weight is 216 g/mol. The molecule has 0 spiro atoms. The van der Waals surface area contributed by atoms with Crippen LogP contribution in [-0.4, -0.2) is 30.4 Å². The quantitative estimate of drug-likeness (QED) is 0.612. The number of hydrogen-bond acceptors (Lipinski definition) is 3. The molecular weight excluding hydrogens is 192 g/mol. The van der Waals surface area contributed by atoms with Crippen molar-refractivity contribution >= 4 is 12.6 Å². The van der Waals surface area contributed by atoms with E-state index in [0.29, 0.717) is 12.1 Å². The first-order chi connectivity index (χ1) is 6.50. The summed E-state index contributed by atoms with van der Waals surface area (Å²) in [5.74, 6) is 0.729. The van der Waals surface area contributed by atoms with Gasteiger partial charge in [0.15, 0.2) is 0 Å². The van der Waals surface area contributed by atoms with Gasteiger partial charge < -0.3 is 10.6 Å². The third-order valence-corrected chi connectivity index (χ3v) is 3.75. The Kier molecular flexibility index (Phi) is 4.29. The van der Waals surface area contributed by atoms with Crippen LogP contribution < -0.4 is 10.6 Å². The molecule has 1 fully saturated rings. The summed E-state index contributed by atoms with van der Waals surface area (Å²) in [6.45, 7) is 7.78. The van der Waals surface area contributed by atoms with Gasteiger partial charge in [-0.2, -0.15) is 12.6 Å². The van der Waals surface area contributed by atoms with Gasteiger partial charge in [-0.1, -0.05) is 13.3 Å². The molecule has 1 saturated heterocycles. The van der Waals surface area contributed by atoms with Gasteiger partial charge in [0.25, 0.3) is 0 Å². The Morgan fingerprint density at radius 2 is 2.21 bits per heavy atom. The van der Waals surface area contributed by atoms with Crippen LogP contribution in [0, 0.1) is 5.92 Å². The van der Waals surface area contributed by atoms with Gasteiger partial charge in [-0.15, -0.1) is 0 Å². The lowest BCUT2D eigenvalue weighted by Crippen LogP contribution is -2.47. The molecule has 2 N–H and O–H groups in total. The first kappa shape index (κ1) is 12.3. The third-order valence-electron chi connectivity index (χ3n) is 3.41. The van der Waals surface area contributed by atoms with Crippen molar-refractivity contribution in [2.24, 2.45) is 5.92 Å². The molecule has 1 heterocycles. The van der Waals surface area contributed by atoms with E-state index in [1.54, 1.807) is 0 Å². The second-order valence-corrected chi connectivity index (χ2v) is 5.93. The predicted octanol–water partition coefficient (Wildman–Crippen LogP) is 1.67. The fraction of sp³-hybridized carbons (Fsp3) is 1.00. The molecule has 0 aromatic carbocycles. The van der Waals surface area contributed by atoms with E-state index in [1.165, 1.54) is 12.8 Å². The Balaban J connectivity index is 2.75. The second-order valence-electron chi connectivity index (χ2n) is 4.85. The largest absolute Gasteiger partial charge is 0.315 e. The minimum absolute atomic E-state index is 0.139. The van der Waals surface area contributed by atoms with Crippen molar-refractivity contribution in [2.75, 3.05) is 13.6 Å². The predicted molar refractivity (Wildman–Crippen MR) is 66.1 cm³/mol. The summed E-state index contributed by atoms with van der Waals surface area (Å²) in [5.41, 5.74) is 0. The van der Waals surface area contributed by atoms with Gasteiger partial charge in [0, 0.05) is 23.4 Å². The van der Waals surface area contributed by atoms with Gasteiger partial charge in [0.05, 0.1) is 0 Å². The van der Waals surface area contributed by atoms with E-state index in [1.807, 2.05) is 0 Å². The minimum Gasteiger partial charge on any atom is -0.315 e. The van der Waals surface area contributed by atoms with Crippen LogP contribution in [0.25, 0.3) is 0 Å². The summed E-state index contributed by atoms with van der Waals surface area (Å²) in [7, 11) is 2.06. The number of nitrogens with one attached hydrogen (secondary N) is 2. The van der Waals surface area contributed by atoms with Crippen LogP contribution in [0.5, 0.6) is 0 Å². The van der Waals surface area contributed by atoms with Crippen molar-refractivity contribution in [2.45, 2.75) is 50.4 Å². The fourth-order valence-electron chi connectivity index (χ4n) is 2.56. The molecule has 1 aliphatic rings.